The van der Waals surface area contributed by atoms with Crippen molar-refractivity contribution in [3.63, 3.8) is 0 Å². The molecular formula is C74H84F4N2P4. The van der Waals surface area contributed by atoms with Crippen LogP contribution in [0.15, 0.2) is 188 Å². The summed E-state index contributed by atoms with van der Waals surface area (Å²) in [7, 11) is -5.97. The van der Waals surface area contributed by atoms with E-state index in [1.165, 1.54) is 39.9 Å². The first-order chi connectivity index (χ1) is 40.4. The first-order valence-corrected chi connectivity index (χ1v) is 35.9. The quantitative estimate of drug-likeness (QED) is 0.0588. The molecule has 2 saturated heterocycles. The van der Waals surface area contributed by atoms with Crippen LogP contribution < -0.4 is 21.2 Å². The molecule has 2 heterocycles. The number of rotatable bonds is 19. The average molecular weight is 1200 g/mol. The van der Waals surface area contributed by atoms with Gasteiger partial charge in [-0.05, 0) is 166 Å². The SMILES string of the molecule is CCCCN(P(c1ccccc1F)c1ccccc1F)P1[C@H](c2ccc(C)cc2)C(c2ccc(F)c(P(c3ccccc3F)N(CCCC)P3[C@H](c4ccc(C(C)(C)C)cc4)CC[C@H]3c3ccc(C(C)(C)C)cc3)c2)C[C@H]1c1ccc(C)cc1. The molecule has 8 aromatic rings. The molecular weight excluding hydrogens is 1120 g/mol. The van der Waals surface area contributed by atoms with Gasteiger partial charge in [0, 0.05) is 73.1 Å². The van der Waals surface area contributed by atoms with E-state index in [2.05, 4.69) is 181 Å². The lowest BCUT2D eigenvalue weighted by Gasteiger charge is -2.43. The summed E-state index contributed by atoms with van der Waals surface area (Å²) in [5, 5.41) is 2.12. The Bertz CT molecular complexity index is 3360. The van der Waals surface area contributed by atoms with Crippen molar-refractivity contribution in [1.29, 1.82) is 0 Å². The summed E-state index contributed by atoms with van der Waals surface area (Å²) in [5.74, 6) is -1.47. The zero-order valence-corrected chi connectivity index (χ0v) is 54.4. The van der Waals surface area contributed by atoms with E-state index in [-0.39, 0.29) is 62.7 Å². The van der Waals surface area contributed by atoms with E-state index in [1.807, 2.05) is 42.5 Å². The number of aryl methyl sites for hydroxylation is 2. The summed E-state index contributed by atoms with van der Waals surface area (Å²) < 4.78 is 74.5. The van der Waals surface area contributed by atoms with Gasteiger partial charge in [-0.25, -0.2) is 17.6 Å². The Morgan fingerprint density at radius 2 is 0.774 bits per heavy atom. The van der Waals surface area contributed by atoms with Gasteiger partial charge in [0.2, 0.25) is 0 Å². The fourth-order valence-corrected chi connectivity index (χ4v) is 27.8. The average Bonchev–Trinajstić information content (AvgIpc) is 2.47. The van der Waals surface area contributed by atoms with Crippen molar-refractivity contribution in [2.75, 3.05) is 13.1 Å². The van der Waals surface area contributed by atoms with E-state index in [0.717, 1.165) is 67.2 Å². The van der Waals surface area contributed by atoms with Crippen molar-refractivity contribution in [2.45, 2.75) is 154 Å². The highest BCUT2D eigenvalue weighted by Gasteiger charge is 2.51. The van der Waals surface area contributed by atoms with E-state index >= 15 is 17.6 Å². The molecule has 0 aliphatic carbocycles. The predicted molar refractivity (Wildman–Crippen MR) is 355 cm³/mol. The number of unbranched alkanes of at least 4 members (excludes halogenated alkanes) is 2. The Labute approximate surface area is 505 Å². The van der Waals surface area contributed by atoms with Crippen LogP contribution in [0.5, 0.6) is 0 Å². The summed E-state index contributed by atoms with van der Waals surface area (Å²) in [5.41, 5.74) is 10.9. The topological polar surface area (TPSA) is 6.48 Å². The largest absolute Gasteiger partial charge is 0.251 e. The number of nitrogens with zero attached hydrogens (tertiary/aromatic N) is 2. The van der Waals surface area contributed by atoms with Crippen LogP contribution in [0.1, 0.15) is 179 Å². The second-order valence-corrected chi connectivity index (χ2v) is 35.0. The van der Waals surface area contributed by atoms with Crippen molar-refractivity contribution in [3.8, 4) is 0 Å². The van der Waals surface area contributed by atoms with Crippen molar-refractivity contribution >= 4 is 53.5 Å². The summed E-state index contributed by atoms with van der Waals surface area (Å²) in [4.78, 5) is 0. The van der Waals surface area contributed by atoms with Gasteiger partial charge in [0.15, 0.2) is 0 Å². The fourth-order valence-electron chi connectivity index (χ4n) is 12.7. The number of hydrogen-bond donors (Lipinski definition) is 0. The minimum Gasteiger partial charge on any atom is -0.251 e. The third kappa shape index (κ3) is 13.5. The molecule has 438 valence electrons. The molecule has 10 heteroatoms. The highest BCUT2D eigenvalue weighted by Crippen LogP contribution is 2.80. The zero-order chi connectivity index (χ0) is 59.5. The van der Waals surface area contributed by atoms with E-state index in [1.54, 1.807) is 30.3 Å². The van der Waals surface area contributed by atoms with Crippen LogP contribution in [-0.2, 0) is 10.8 Å². The van der Waals surface area contributed by atoms with E-state index in [9.17, 15) is 0 Å². The molecule has 10 rings (SSSR count). The van der Waals surface area contributed by atoms with Gasteiger partial charge < -0.3 is 0 Å². The van der Waals surface area contributed by atoms with E-state index in [0.29, 0.717) is 34.3 Å². The molecule has 84 heavy (non-hydrogen) atoms. The van der Waals surface area contributed by atoms with Crippen LogP contribution in [0.3, 0.4) is 0 Å². The maximum Gasteiger partial charge on any atom is 0.132 e. The summed E-state index contributed by atoms with van der Waals surface area (Å²) >= 11 is 0. The van der Waals surface area contributed by atoms with Crippen molar-refractivity contribution in [2.24, 2.45) is 0 Å². The van der Waals surface area contributed by atoms with Gasteiger partial charge in [0.05, 0.1) is 0 Å². The maximum absolute atomic E-state index is 18.2. The maximum atomic E-state index is 18.2. The normalized spacial score (nSPS) is 19.9. The van der Waals surface area contributed by atoms with Gasteiger partial charge >= 0.3 is 0 Å². The van der Waals surface area contributed by atoms with Gasteiger partial charge in [0.1, 0.15) is 23.3 Å². The number of benzene rings is 8. The van der Waals surface area contributed by atoms with Crippen molar-refractivity contribution in [1.82, 2.24) is 8.88 Å². The monoisotopic (exact) mass is 1200 g/mol. The Balaban J connectivity index is 1.20. The molecule has 0 spiro atoms. The minimum absolute atomic E-state index is 0.0136. The van der Waals surface area contributed by atoms with Crippen LogP contribution in [-0.4, -0.2) is 22.0 Å². The molecule has 0 amide bonds. The molecule has 2 aliphatic heterocycles. The third-order valence-corrected chi connectivity index (χ3v) is 30.4. The lowest BCUT2D eigenvalue weighted by molar-refractivity contribution is 0.589. The van der Waals surface area contributed by atoms with E-state index < -0.39 is 32.3 Å². The zero-order valence-electron chi connectivity index (χ0n) is 50.8. The third-order valence-electron chi connectivity index (χ3n) is 17.3. The molecule has 0 bridgehead atoms. The van der Waals surface area contributed by atoms with Crippen LogP contribution in [0.2, 0.25) is 0 Å². The summed E-state index contributed by atoms with van der Waals surface area (Å²) in [6.45, 7) is 23.5. The molecule has 7 atom stereocenters. The lowest BCUT2D eigenvalue weighted by Crippen LogP contribution is -2.31. The van der Waals surface area contributed by atoms with Crippen LogP contribution in [0.4, 0.5) is 17.6 Å². The molecule has 0 aromatic heterocycles. The highest BCUT2D eigenvalue weighted by atomic mass is 31.2. The van der Waals surface area contributed by atoms with Crippen LogP contribution in [0.25, 0.3) is 0 Å². The van der Waals surface area contributed by atoms with Gasteiger partial charge in [-0.15, -0.1) is 0 Å². The molecule has 2 aliphatic rings. The standard InChI is InChI=1S/C74H84F4N2P4/c1-11-13-47-79(81-65(53-35-40-58(41-36-53)73(5,6)7)45-46-66(81)54-37-42-59(43-38-54)74(8,9)10)83(69-26-20-17-23-63(69)77)71-49-57(39-44-64(71)78)60-50-70(55-31-27-51(3)28-32-55)84(72(60)56-33-29-52(4)30-34-56)80(48-14-12-2)82(67-24-18-15-21-61(67)75)68-25-19-16-22-62(68)76/h15-44,49,60,65-66,70,72H,11-14,45-48,50H2,1-10H3/t60?,65-,66-,70-,72+,83?,84?/m0/s1. The lowest BCUT2D eigenvalue weighted by atomic mass is 9.86. The molecule has 2 fully saturated rings. The number of halogens is 4. The predicted octanol–water partition coefficient (Wildman–Crippen LogP) is 21.1. The van der Waals surface area contributed by atoms with Gasteiger partial charge in [-0.2, -0.15) is 0 Å². The Hall–Kier alpha value is -4.88. The number of hydrogen-bond acceptors (Lipinski definition) is 2. The van der Waals surface area contributed by atoms with Crippen LogP contribution in [0, 0.1) is 37.1 Å². The van der Waals surface area contributed by atoms with Gasteiger partial charge in [0.25, 0.3) is 0 Å². The smallest absolute Gasteiger partial charge is 0.132 e. The van der Waals surface area contributed by atoms with Crippen molar-refractivity contribution < 1.29 is 17.6 Å². The minimum atomic E-state index is -1.81. The summed E-state index contributed by atoms with van der Waals surface area (Å²) in [6.07, 6.45) is 6.20. The van der Waals surface area contributed by atoms with Crippen molar-refractivity contribution in [3.05, 3.63) is 261 Å². The second-order valence-electron chi connectivity index (χ2n) is 25.3. The first-order valence-electron chi connectivity index (χ1n) is 30.4. The molecule has 0 saturated carbocycles. The summed E-state index contributed by atoms with van der Waals surface area (Å²) in [6, 6.07) is 63.4. The molecule has 0 radical (unpaired) electrons. The van der Waals surface area contributed by atoms with E-state index in [4.69, 9.17) is 0 Å². The Morgan fingerprint density at radius 3 is 1.19 bits per heavy atom. The molecule has 8 aromatic carbocycles. The molecule has 3 unspecified atom stereocenters. The first kappa shape index (κ1) is 62.2. The molecule has 0 N–H and O–H groups in total. The van der Waals surface area contributed by atoms with Crippen LogP contribution >= 0.6 is 32.3 Å². The van der Waals surface area contributed by atoms with Gasteiger partial charge in [-0.3, -0.25) is 8.88 Å². The Kier molecular flexibility index (Phi) is 20.0. The fraction of sp³-hybridized carbons (Fsp3) is 0.351. The second kappa shape index (κ2) is 27.0. The Morgan fingerprint density at radius 1 is 0.417 bits per heavy atom. The van der Waals surface area contributed by atoms with Gasteiger partial charge in [-0.1, -0.05) is 219 Å². The highest BCUT2D eigenvalue weighted by molar-refractivity contribution is 7.80. The molecule has 2 nitrogen and oxygen atoms in total.